The highest BCUT2D eigenvalue weighted by Gasteiger charge is 1.81. The Morgan fingerprint density at radius 2 is 2.33 bits per heavy atom. The molecule has 2 nitrogen and oxygen atoms in total. The van der Waals surface area contributed by atoms with E-state index in [9.17, 15) is 4.79 Å². The van der Waals surface area contributed by atoms with Crippen molar-refractivity contribution < 1.29 is 9.90 Å². The second-order valence-corrected chi connectivity index (χ2v) is 1.56. The first-order valence-electron chi connectivity index (χ1n) is 2.78. The summed E-state index contributed by atoms with van der Waals surface area (Å²) in [6.45, 7) is 3.59. The standard InChI is InChI=1S/C7H9O2/c1-2-3-4-5-6-7(8)9/h1-4H2,(H,8,9). The molecule has 0 fully saturated rings. The van der Waals surface area contributed by atoms with Crippen molar-refractivity contribution in [1.82, 2.24) is 0 Å². The summed E-state index contributed by atoms with van der Waals surface area (Å²) in [7, 11) is 0. The molecular weight excluding hydrogens is 116 g/mol. The van der Waals surface area contributed by atoms with Crippen LogP contribution in [0.5, 0.6) is 0 Å². The highest BCUT2D eigenvalue weighted by atomic mass is 16.4. The first kappa shape index (κ1) is 8.03. The lowest BCUT2D eigenvalue weighted by molar-refractivity contribution is -0.130. The topological polar surface area (TPSA) is 37.3 Å². The highest BCUT2D eigenvalue weighted by molar-refractivity contribution is 5.86. The van der Waals surface area contributed by atoms with Crippen molar-refractivity contribution in [2.24, 2.45) is 0 Å². The Kier molecular flexibility index (Phi) is 4.61. The van der Waals surface area contributed by atoms with E-state index in [-0.39, 0.29) is 0 Å². The van der Waals surface area contributed by atoms with Gasteiger partial charge in [-0.2, -0.15) is 0 Å². The van der Waals surface area contributed by atoms with Crippen molar-refractivity contribution in [3.8, 4) is 11.8 Å². The molecule has 1 radical (unpaired) electrons. The van der Waals surface area contributed by atoms with Gasteiger partial charge in [0.2, 0.25) is 0 Å². The minimum atomic E-state index is -1.06. The molecule has 0 atom stereocenters. The Bertz CT molecular complexity index is 139. The van der Waals surface area contributed by atoms with Crippen LogP contribution in [0.15, 0.2) is 0 Å². The third-order valence-electron chi connectivity index (χ3n) is 0.747. The number of carboxylic acid groups (broad SMARTS) is 1. The van der Waals surface area contributed by atoms with Gasteiger partial charge in [-0.15, -0.1) is 0 Å². The summed E-state index contributed by atoms with van der Waals surface area (Å²) >= 11 is 0. The molecule has 0 aliphatic heterocycles. The van der Waals surface area contributed by atoms with Crippen molar-refractivity contribution in [2.75, 3.05) is 0 Å². The Hall–Kier alpha value is -0.970. The van der Waals surface area contributed by atoms with Gasteiger partial charge in [-0.05, 0) is 6.42 Å². The molecule has 0 bridgehead atoms. The maximum Gasteiger partial charge on any atom is 0.381 e. The molecule has 9 heavy (non-hydrogen) atoms. The zero-order valence-electron chi connectivity index (χ0n) is 5.18. The van der Waals surface area contributed by atoms with E-state index in [1.165, 1.54) is 0 Å². The summed E-state index contributed by atoms with van der Waals surface area (Å²) in [6, 6.07) is 0. The van der Waals surface area contributed by atoms with Crippen molar-refractivity contribution in [2.45, 2.75) is 19.3 Å². The maximum atomic E-state index is 9.77. The first-order valence-corrected chi connectivity index (χ1v) is 2.78. The molecule has 0 heterocycles. The first-order chi connectivity index (χ1) is 4.27. The van der Waals surface area contributed by atoms with Crippen molar-refractivity contribution in [3.05, 3.63) is 6.92 Å². The van der Waals surface area contributed by atoms with Gasteiger partial charge in [0.05, 0.1) is 0 Å². The van der Waals surface area contributed by atoms with E-state index >= 15 is 0 Å². The Labute approximate surface area is 54.9 Å². The highest BCUT2D eigenvalue weighted by Crippen LogP contribution is 1.89. The predicted octanol–water partition coefficient (Wildman–Crippen LogP) is 1.08. The van der Waals surface area contributed by atoms with Crippen LogP contribution < -0.4 is 0 Å². The van der Waals surface area contributed by atoms with Crippen LogP contribution in [0.1, 0.15) is 19.3 Å². The Balaban J connectivity index is 3.27. The third kappa shape index (κ3) is 7.03. The van der Waals surface area contributed by atoms with Gasteiger partial charge in [-0.3, -0.25) is 0 Å². The van der Waals surface area contributed by atoms with Crippen LogP contribution in [0.25, 0.3) is 0 Å². The number of unbranched alkanes of at least 4 members (excludes halogenated alkanes) is 2. The summed E-state index contributed by atoms with van der Waals surface area (Å²) in [6.07, 6.45) is 2.32. The Morgan fingerprint density at radius 1 is 1.67 bits per heavy atom. The van der Waals surface area contributed by atoms with Gasteiger partial charge >= 0.3 is 5.97 Å². The second kappa shape index (κ2) is 5.17. The normalized spacial score (nSPS) is 7.67. The van der Waals surface area contributed by atoms with E-state index in [0.717, 1.165) is 12.8 Å². The molecule has 2 heteroatoms. The molecule has 0 aromatic carbocycles. The largest absolute Gasteiger partial charge is 0.472 e. The average molecular weight is 125 g/mol. The SMILES string of the molecule is [CH2]CCCC#CC(=O)O. The molecule has 0 rings (SSSR count). The van der Waals surface area contributed by atoms with Crippen molar-refractivity contribution >= 4 is 5.97 Å². The number of hydrogen-bond acceptors (Lipinski definition) is 1. The molecule has 0 aliphatic rings. The lowest BCUT2D eigenvalue weighted by Crippen LogP contribution is -1.86. The second-order valence-electron chi connectivity index (χ2n) is 1.56. The monoisotopic (exact) mass is 125 g/mol. The molecule has 0 aliphatic carbocycles. The lowest BCUT2D eigenvalue weighted by atomic mass is 10.2. The molecule has 0 unspecified atom stereocenters. The van der Waals surface area contributed by atoms with Gasteiger partial charge < -0.3 is 5.11 Å². The Morgan fingerprint density at radius 3 is 2.78 bits per heavy atom. The molecule has 0 amide bonds. The summed E-state index contributed by atoms with van der Waals surface area (Å²) < 4.78 is 0. The fourth-order valence-corrected chi connectivity index (χ4v) is 0.352. The van der Waals surface area contributed by atoms with E-state index in [0.29, 0.717) is 6.42 Å². The summed E-state index contributed by atoms with van der Waals surface area (Å²) in [5.41, 5.74) is 0. The van der Waals surface area contributed by atoms with Gasteiger partial charge in [0, 0.05) is 12.3 Å². The molecule has 1 N–H and O–H groups in total. The minimum Gasteiger partial charge on any atom is -0.472 e. The molecule has 0 spiro atoms. The maximum absolute atomic E-state index is 9.77. The molecular formula is C7H9O2. The van der Waals surface area contributed by atoms with Crippen molar-refractivity contribution in [3.63, 3.8) is 0 Å². The molecule has 49 valence electrons. The summed E-state index contributed by atoms with van der Waals surface area (Å²) in [4.78, 5) is 9.77. The predicted molar refractivity (Wildman–Crippen MR) is 34.6 cm³/mol. The van der Waals surface area contributed by atoms with Gasteiger partial charge in [0.1, 0.15) is 0 Å². The minimum absolute atomic E-state index is 0.635. The number of hydrogen-bond donors (Lipinski definition) is 1. The van der Waals surface area contributed by atoms with Crippen LogP contribution in [0, 0.1) is 18.8 Å². The zero-order valence-corrected chi connectivity index (χ0v) is 5.18. The van der Waals surface area contributed by atoms with Gasteiger partial charge in [0.25, 0.3) is 0 Å². The number of carbonyl (C=O) groups is 1. The quantitative estimate of drug-likeness (QED) is 0.443. The van der Waals surface area contributed by atoms with Crippen LogP contribution in [-0.4, -0.2) is 11.1 Å². The zero-order chi connectivity index (χ0) is 7.11. The number of rotatable bonds is 2. The molecule has 0 saturated carbocycles. The average Bonchev–Trinajstić information content (AvgIpc) is 1.80. The number of carboxylic acids is 1. The van der Waals surface area contributed by atoms with E-state index in [1.54, 1.807) is 0 Å². The fourth-order valence-electron chi connectivity index (χ4n) is 0.352. The van der Waals surface area contributed by atoms with Crippen LogP contribution in [-0.2, 0) is 4.79 Å². The van der Waals surface area contributed by atoms with Crippen LogP contribution >= 0.6 is 0 Å². The third-order valence-corrected chi connectivity index (χ3v) is 0.747. The van der Waals surface area contributed by atoms with E-state index in [4.69, 9.17) is 5.11 Å². The van der Waals surface area contributed by atoms with E-state index < -0.39 is 5.97 Å². The van der Waals surface area contributed by atoms with Gasteiger partial charge in [0.15, 0.2) is 0 Å². The van der Waals surface area contributed by atoms with Crippen LogP contribution in [0.3, 0.4) is 0 Å². The van der Waals surface area contributed by atoms with Gasteiger partial charge in [-0.1, -0.05) is 19.3 Å². The van der Waals surface area contributed by atoms with E-state index in [2.05, 4.69) is 12.8 Å². The van der Waals surface area contributed by atoms with Crippen LogP contribution in [0.4, 0.5) is 0 Å². The molecule has 0 saturated heterocycles. The summed E-state index contributed by atoms with van der Waals surface area (Å²) in [5, 5.41) is 8.02. The van der Waals surface area contributed by atoms with E-state index in [1.807, 2.05) is 5.92 Å². The summed E-state index contributed by atoms with van der Waals surface area (Å²) in [5.74, 6) is 3.46. The smallest absolute Gasteiger partial charge is 0.381 e. The number of aliphatic carboxylic acids is 1. The molecule has 0 aromatic rings. The van der Waals surface area contributed by atoms with Crippen LogP contribution in [0.2, 0.25) is 0 Å². The molecule has 0 aromatic heterocycles. The lowest BCUT2D eigenvalue weighted by Gasteiger charge is -1.81. The van der Waals surface area contributed by atoms with Gasteiger partial charge in [-0.25, -0.2) is 4.79 Å². The fraction of sp³-hybridized carbons (Fsp3) is 0.429. The van der Waals surface area contributed by atoms with Crippen molar-refractivity contribution in [1.29, 1.82) is 0 Å².